The van der Waals surface area contributed by atoms with Crippen LogP contribution < -0.4 is 0 Å². The predicted octanol–water partition coefficient (Wildman–Crippen LogP) is 0.635. The van der Waals surface area contributed by atoms with Gasteiger partial charge in [0, 0.05) is 13.2 Å². The van der Waals surface area contributed by atoms with Gasteiger partial charge >= 0.3 is 0 Å². The molecular formula is C6H16O4S. The van der Waals surface area contributed by atoms with E-state index in [1.54, 1.807) is 0 Å². The summed E-state index contributed by atoms with van der Waals surface area (Å²) in [5, 5.41) is 0. The molecule has 0 N–H and O–H groups in total. The SMILES string of the molecule is CCOCC.COS(C)(=O)=O. The molecule has 0 radical (unpaired) electrons. The zero-order valence-corrected chi connectivity index (χ0v) is 8.27. The Hall–Kier alpha value is -0.130. The Labute approximate surface area is 68.6 Å². The van der Waals surface area contributed by atoms with Crippen molar-refractivity contribution >= 4 is 10.1 Å². The molecule has 70 valence electrons. The third-order valence-corrected chi connectivity index (χ3v) is 1.32. The predicted molar refractivity (Wildman–Crippen MR) is 44.0 cm³/mol. The van der Waals surface area contributed by atoms with Crippen molar-refractivity contribution in [2.45, 2.75) is 13.8 Å². The summed E-state index contributed by atoms with van der Waals surface area (Å²) in [5.74, 6) is 0. The normalized spacial score (nSPS) is 10.2. The van der Waals surface area contributed by atoms with Crippen LogP contribution in [0, 0.1) is 0 Å². The van der Waals surface area contributed by atoms with Gasteiger partial charge in [-0.15, -0.1) is 0 Å². The second-order valence-electron chi connectivity index (χ2n) is 1.65. The molecule has 0 bridgehead atoms. The van der Waals surface area contributed by atoms with Crippen LogP contribution in [0.5, 0.6) is 0 Å². The maximum Gasteiger partial charge on any atom is 0.264 e. The van der Waals surface area contributed by atoms with E-state index in [9.17, 15) is 8.42 Å². The monoisotopic (exact) mass is 184 g/mol. The number of hydrogen-bond acceptors (Lipinski definition) is 4. The van der Waals surface area contributed by atoms with Gasteiger partial charge < -0.3 is 4.74 Å². The summed E-state index contributed by atoms with van der Waals surface area (Å²) in [7, 11) is -2.04. The van der Waals surface area contributed by atoms with E-state index in [2.05, 4.69) is 4.18 Å². The van der Waals surface area contributed by atoms with Crippen molar-refractivity contribution in [3.63, 3.8) is 0 Å². The zero-order chi connectivity index (χ0) is 9.33. The highest BCUT2D eigenvalue weighted by Crippen LogP contribution is 1.75. The molecular weight excluding hydrogens is 168 g/mol. The first-order valence-electron chi connectivity index (χ1n) is 3.31. The fraction of sp³-hybridized carbons (Fsp3) is 1.00. The molecule has 0 fully saturated rings. The molecule has 0 aliphatic rings. The van der Waals surface area contributed by atoms with Crippen LogP contribution in [-0.2, 0) is 19.0 Å². The van der Waals surface area contributed by atoms with Gasteiger partial charge in [0.25, 0.3) is 10.1 Å². The summed E-state index contributed by atoms with van der Waals surface area (Å²) in [6.07, 6.45) is 0.993. The molecule has 0 aromatic carbocycles. The molecule has 11 heavy (non-hydrogen) atoms. The van der Waals surface area contributed by atoms with Crippen molar-refractivity contribution in [1.82, 2.24) is 0 Å². The average Bonchev–Trinajstić information content (AvgIpc) is 1.90. The lowest BCUT2D eigenvalue weighted by Gasteiger charge is -1.86. The average molecular weight is 184 g/mol. The Bertz CT molecular complexity index is 148. The van der Waals surface area contributed by atoms with Crippen molar-refractivity contribution in [2.75, 3.05) is 26.6 Å². The summed E-state index contributed by atoms with van der Waals surface area (Å²) >= 11 is 0. The Morgan fingerprint density at radius 1 is 1.18 bits per heavy atom. The van der Waals surface area contributed by atoms with E-state index in [4.69, 9.17) is 4.74 Å². The standard InChI is InChI=1S/C4H10O.C2H6O3S/c1-3-5-4-2;1-5-6(2,3)4/h3-4H2,1-2H3;1-2H3. The van der Waals surface area contributed by atoms with Crippen LogP contribution >= 0.6 is 0 Å². The fourth-order valence-electron chi connectivity index (χ4n) is 0.204. The van der Waals surface area contributed by atoms with Crippen LogP contribution in [0.4, 0.5) is 0 Å². The maximum atomic E-state index is 9.78. The minimum atomic E-state index is -3.16. The van der Waals surface area contributed by atoms with E-state index in [1.807, 2.05) is 13.8 Å². The number of hydrogen-bond donors (Lipinski definition) is 0. The molecule has 0 saturated carbocycles. The van der Waals surface area contributed by atoms with Gasteiger partial charge in [0.15, 0.2) is 0 Å². The van der Waals surface area contributed by atoms with Crippen molar-refractivity contribution < 1.29 is 17.3 Å². The highest BCUT2D eigenvalue weighted by atomic mass is 32.2. The van der Waals surface area contributed by atoms with Crippen LogP contribution in [0.15, 0.2) is 0 Å². The van der Waals surface area contributed by atoms with E-state index in [-0.39, 0.29) is 0 Å². The molecule has 5 heteroatoms. The van der Waals surface area contributed by atoms with Gasteiger partial charge in [-0.05, 0) is 13.8 Å². The Morgan fingerprint density at radius 3 is 1.45 bits per heavy atom. The van der Waals surface area contributed by atoms with Crippen LogP contribution in [0.1, 0.15) is 13.8 Å². The quantitative estimate of drug-likeness (QED) is 0.604. The van der Waals surface area contributed by atoms with E-state index in [0.29, 0.717) is 0 Å². The van der Waals surface area contributed by atoms with Gasteiger partial charge in [-0.1, -0.05) is 0 Å². The summed E-state index contributed by atoms with van der Waals surface area (Å²) in [6.45, 7) is 5.67. The second-order valence-corrected chi connectivity index (χ2v) is 3.39. The van der Waals surface area contributed by atoms with Gasteiger partial charge in [0.05, 0.1) is 13.4 Å². The highest BCUT2D eigenvalue weighted by molar-refractivity contribution is 7.85. The van der Waals surface area contributed by atoms with E-state index in [0.717, 1.165) is 26.6 Å². The number of ether oxygens (including phenoxy) is 1. The molecule has 0 aliphatic carbocycles. The molecule has 0 unspecified atom stereocenters. The second kappa shape index (κ2) is 7.97. The van der Waals surface area contributed by atoms with Gasteiger partial charge in [-0.3, -0.25) is 4.18 Å². The minimum absolute atomic E-state index is 0.844. The highest BCUT2D eigenvalue weighted by Gasteiger charge is 1.90. The van der Waals surface area contributed by atoms with Gasteiger partial charge in [-0.2, -0.15) is 8.42 Å². The Kier molecular flexibility index (Phi) is 9.75. The lowest BCUT2D eigenvalue weighted by Crippen LogP contribution is -1.95. The summed E-state index contributed by atoms with van der Waals surface area (Å²) in [6, 6.07) is 0. The van der Waals surface area contributed by atoms with Crippen molar-refractivity contribution in [3.8, 4) is 0 Å². The molecule has 0 aromatic rings. The van der Waals surface area contributed by atoms with Crippen LogP contribution in [-0.4, -0.2) is 35.0 Å². The van der Waals surface area contributed by atoms with E-state index in [1.165, 1.54) is 0 Å². The lowest BCUT2D eigenvalue weighted by atomic mass is 10.8. The summed E-state index contributed by atoms with van der Waals surface area (Å²) in [4.78, 5) is 0. The molecule has 0 heterocycles. The molecule has 0 saturated heterocycles. The molecule has 0 rings (SSSR count). The first-order chi connectivity index (χ1) is 4.97. The minimum Gasteiger partial charge on any atom is -0.382 e. The molecule has 0 amide bonds. The number of rotatable bonds is 3. The molecule has 0 aromatic heterocycles. The summed E-state index contributed by atoms with van der Waals surface area (Å²) in [5.41, 5.74) is 0. The lowest BCUT2D eigenvalue weighted by molar-refractivity contribution is 0.162. The van der Waals surface area contributed by atoms with Gasteiger partial charge in [0.1, 0.15) is 0 Å². The Balaban J connectivity index is 0. The fourth-order valence-corrected chi connectivity index (χ4v) is 0.204. The van der Waals surface area contributed by atoms with E-state index >= 15 is 0 Å². The van der Waals surface area contributed by atoms with Crippen molar-refractivity contribution in [3.05, 3.63) is 0 Å². The first-order valence-corrected chi connectivity index (χ1v) is 5.12. The van der Waals surface area contributed by atoms with Crippen LogP contribution in [0.3, 0.4) is 0 Å². The van der Waals surface area contributed by atoms with Crippen molar-refractivity contribution in [1.29, 1.82) is 0 Å². The van der Waals surface area contributed by atoms with Crippen molar-refractivity contribution in [2.24, 2.45) is 0 Å². The third kappa shape index (κ3) is 25.8. The molecule has 0 atom stereocenters. The Morgan fingerprint density at radius 2 is 1.45 bits per heavy atom. The first kappa shape index (κ1) is 13.5. The zero-order valence-electron chi connectivity index (χ0n) is 7.46. The van der Waals surface area contributed by atoms with E-state index < -0.39 is 10.1 Å². The molecule has 0 aliphatic heterocycles. The largest absolute Gasteiger partial charge is 0.382 e. The third-order valence-electron chi connectivity index (χ3n) is 0.711. The topological polar surface area (TPSA) is 52.6 Å². The molecule has 0 spiro atoms. The van der Waals surface area contributed by atoms with Crippen LogP contribution in [0.2, 0.25) is 0 Å². The van der Waals surface area contributed by atoms with Gasteiger partial charge in [0.2, 0.25) is 0 Å². The maximum absolute atomic E-state index is 9.78. The smallest absolute Gasteiger partial charge is 0.264 e. The summed E-state index contributed by atoms with van der Waals surface area (Å²) < 4.78 is 28.3. The van der Waals surface area contributed by atoms with Crippen LogP contribution in [0.25, 0.3) is 0 Å². The van der Waals surface area contributed by atoms with Gasteiger partial charge in [-0.25, -0.2) is 0 Å². The molecule has 4 nitrogen and oxygen atoms in total.